The second-order valence-corrected chi connectivity index (χ2v) is 11.7. The van der Waals surface area contributed by atoms with Crippen LogP contribution < -0.4 is 5.32 Å². The van der Waals surface area contributed by atoms with Crippen LogP contribution in [0.15, 0.2) is 89.1 Å². The van der Waals surface area contributed by atoms with Gasteiger partial charge < -0.3 is 0 Å². The molecule has 0 aliphatic carbocycles. The molecule has 176 valence electrons. The Morgan fingerprint density at radius 2 is 1.66 bits per heavy atom. The molecule has 0 unspecified atom stereocenters. The second kappa shape index (κ2) is 9.67. The average Bonchev–Trinajstić information content (AvgIpc) is 3.51. The molecule has 0 fully saturated rings. The third kappa shape index (κ3) is 5.01. The summed E-state index contributed by atoms with van der Waals surface area (Å²) in [5, 5.41) is 5.87. The monoisotopic (exact) mass is 520 g/mol. The van der Waals surface area contributed by atoms with Gasteiger partial charge in [0.1, 0.15) is 10.7 Å². The summed E-state index contributed by atoms with van der Waals surface area (Å²) >= 11 is 2.86. The Hall–Kier alpha value is -3.44. The van der Waals surface area contributed by atoms with E-state index in [-0.39, 0.29) is 17.3 Å². The first-order chi connectivity index (χ1) is 16.9. The van der Waals surface area contributed by atoms with Gasteiger partial charge in [0.05, 0.1) is 15.1 Å². The molecule has 1 amide bonds. The normalized spacial score (nSPS) is 11.7. The Kier molecular flexibility index (Phi) is 6.44. The lowest BCUT2D eigenvalue weighted by Crippen LogP contribution is -2.26. The van der Waals surface area contributed by atoms with Gasteiger partial charge in [-0.25, -0.2) is 18.4 Å². The number of aromatic nitrogens is 2. The van der Waals surface area contributed by atoms with Gasteiger partial charge >= 0.3 is 0 Å². The van der Waals surface area contributed by atoms with Crippen molar-refractivity contribution in [3.8, 4) is 10.7 Å². The third-order valence-corrected chi connectivity index (χ3v) is 8.94. The summed E-state index contributed by atoms with van der Waals surface area (Å²) in [6, 6.07) is 23.1. The molecule has 0 saturated carbocycles. The Morgan fingerprint density at radius 1 is 0.943 bits per heavy atom. The number of nitrogens with zero attached hydrogens (tertiary/aromatic N) is 3. The molecule has 7 nitrogen and oxygen atoms in total. The largest absolute Gasteiger partial charge is 0.298 e. The number of fused-ring (bicyclic) bond motifs is 1. The summed E-state index contributed by atoms with van der Waals surface area (Å²) in [7, 11) is -2.16. The summed E-state index contributed by atoms with van der Waals surface area (Å²) in [6.45, 7) is 0.256. The molecule has 1 N–H and O–H groups in total. The fourth-order valence-corrected chi connectivity index (χ4v) is 6.31. The van der Waals surface area contributed by atoms with Crippen molar-refractivity contribution in [1.29, 1.82) is 0 Å². The molecule has 2 heterocycles. The zero-order chi connectivity index (χ0) is 24.4. The molecule has 0 aliphatic rings. The number of rotatable bonds is 7. The Bertz CT molecular complexity index is 1560. The molecule has 5 rings (SSSR count). The number of hydrogen-bond donors (Lipinski definition) is 1. The van der Waals surface area contributed by atoms with Crippen molar-refractivity contribution in [3.63, 3.8) is 0 Å². The molecule has 0 atom stereocenters. The van der Waals surface area contributed by atoms with Gasteiger partial charge in [0, 0.05) is 24.5 Å². The van der Waals surface area contributed by atoms with E-state index in [0.717, 1.165) is 20.8 Å². The molecule has 0 spiro atoms. The Labute approximate surface area is 210 Å². The fourth-order valence-electron chi connectivity index (χ4n) is 3.46. The van der Waals surface area contributed by atoms with Crippen LogP contribution in [0.5, 0.6) is 0 Å². The lowest BCUT2D eigenvalue weighted by atomic mass is 10.2. The van der Waals surface area contributed by atoms with Crippen LogP contribution in [0.25, 0.3) is 20.9 Å². The highest BCUT2D eigenvalue weighted by Crippen LogP contribution is 2.32. The number of carbonyl (C=O) groups excluding carboxylic acids is 1. The van der Waals surface area contributed by atoms with Gasteiger partial charge in [-0.2, -0.15) is 4.31 Å². The van der Waals surface area contributed by atoms with Gasteiger partial charge in [0.15, 0.2) is 5.13 Å². The number of amides is 1. The van der Waals surface area contributed by atoms with E-state index in [0.29, 0.717) is 16.4 Å². The van der Waals surface area contributed by atoms with Crippen molar-refractivity contribution in [2.75, 3.05) is 12.4 Å². The number of benzene rings is 3. The van der Waals surface area contributed by atoms with E-state index >= 15 is 0 Å². The lowest BCUT2D eigenvalue weighted by Gasteiger charge is -2.17. The Morgan fingerprint density at radius 3 is 2.40 bits per heavy atom. The van der Waals surface area contributed by atoms with Gasteiger partial charge in [-0.3, -0.25) is 10.1 Å². The predicted octanol–water partition coefficient (Wildman–Crippen LogP) is 5.49. The lowest BCUT2D eigenvalue weighted by molar-refractivity contribution is 0.102. The quantitative estimate of drug-likeness (QED) is 0.306. The maximum atomic E-state index is 12.9. The number of carbonyl (C=O) groups is 1. The molecule has 5 aromatic rings. The van der Waals surface area contributed by atoms with Gasteiger partial charge in [-0.05, 0) is 42.0 Å². The van der Waals surface area contributed by atoms with Crippen molar-refractivity contribution in [2.45, 2.75) is 11.4 Å². The van der Waals surface area contributed by atoms with E-state index in [2.05, 4.69) is 15.3 Å². The van der Waals surface area contributed by atoms with Gasteiger partial charge in [0.25, 0.3) is 5.91 Å². The van der Waals surface area contributed by atoms with Crippen LogP contribution in [0.2, 0.25) is 0 Å². The molecule has 10 heteroatoms. The van der Waals surface area contributed by atoms with Crippen LogP contribution in [0.4, 0.5) is 5.13 Å². The first-order valence-corrected chi connectivity index (χ1v) is 13.8. The van der Waals surface area contributed by atoms with Crippen LogP contribution in [-0.4, -0.2) is 35.6 Å². The van der Waals surface area contributed by atoms with Crippen molar-refractivity contribution < 1.29 is 13.2 Å². The highest BCUT2D eigenvalue weighted by molar-refractivity contribution is 7.89. The second-order valence-electron chi connectivity index (χ2n) is 7.75. The molecular formula is C25H20N4O3S3. The highest BCUT2D eigenvalue weighted by atomic mass is 32.2. The van der Waals surface area contributed by atoms with Crippen molar-refractivity contribution in [1.82, 2.24) is 14.3 Å². The molecule has 0 radical (unpaired) electrons. The summed E-state index contributed by atoms with van der Waals surface area (Å²) in [5.41, 5.74) is 2.85. The number of thiazole rings is 2. The maximum Gasteiger partial charge on any atom is 0.257 e. The average molecular weight is 521 g/mol. The van der Waals surface area contributed by atoms with Gasteiger partial charge in [-0.15, -0.1) is 22.7 Å². The topological polar surface area (TPSA) is 92.3 Å². The van der Waals surface area contributed by atoms with Crippen LogP contribution in [-0.2, 0) is 16.6 Å². The summed E-state index contributed by atoms with van der Waals surface area (Å²) in [6.07, 6.45) is 0. The summed E-state index contributed by atoms with van der Waals surface area (Å²) < 4.78 is 28.2. The maximum absolute atomic E-state index is 12.9. The number of sulfonamides is 1. The highest BCUT2D eigenvalue weighted by Gasteiger charge is 2.21. The van der Waals surface area contributed by atoms with Crippen molar-refractivity contribution in [3.05, 3.63) is 95.4 Å². The van der Waals surface area contributed by atoms with Crippen molar-refractivity contribution >= 4 is 54.0 Å². The van der Waals surface area contributed by atoms with E-state index in [9.17, 15) is 13.2 Å². The van der Waals surface area contributed by atoms with E-state index < -0.39 is 10.0 Å². The zero-order valence-corrected chi connectivity index (χ0v) is 21.0. The van der Waals surface area contributed by atoms with Gasteiger partial charge in [0.2, 0.25) is 10.0 Å². The predicted molar refractivity (Wildman–Crippen MR) is 140 cm³/mol. The first-order valence-electron chi connectivity index (χ1n) is 10.6. The summed E-state index contributed by atoms with van der Waals surface area (Å²) in [4.78, 5) is 21.9. The molecule has 0 saturated heterocycles. The van der Waals surface area contributed by atoms with Crippen LogP contribution >= 0.6 is 22.7 Å². The van der Waals surface area contributed by atoms with E-state index in [1.807, 2.05) is 60.0 Å². The minimum absolute atomic E-state index is 0.125. The molecule has 0 aliphatic heterocycles. The number of nitrogens with one attached hydrogen (secondary N) is 1. The van der Waals surface area contributed by atoms with E-state index in [1.54, 1.807) is 11.3 Å². The number of para-hydroxylation sites is 1. The van der Waals surface area contributed by atoms with Crippen LogP contribution in [0.3, 0.4) is 0 Å². The molecule has 3 aromatic carbocycles. The first kappa shape index (κ1) is 23.3. The number of hydrogen-bond acceptors (Lipinski definition) is 7. The zero-order valence-electron chi connectivity index (χ0n) is 18.6. The minimum atomic E-state index is -3.69. The number of anilines is 1. The Balaban J connectivity index is 1.27. The van der Waals surface area contributed by atoms with E-state index in [4.69, 9.17) is 0 Å². The van der Waals surface area contributed by atoms with E-state index in [1.165, 1.54) is 47.0 Å². The van der Waals surface area contributed by atoms with Crippen molar-refractivity contribution in [2.24, 2.45) is 0 Å². The van der Waals surface area contributed by atoms with Gasteiger partial charge in [-0.1, -0.05) is 42.5 Å². The summed E-state index contributed by atoms with van der Waals surface area (Å²) in [5.74, 6) is -0.364. The molecular weight excluding hydrogens is 501 g/mol. The fraction of sp³-hybridized carbons (Fsp3) is 0.0800. The standard InChI is InChI=1S/C25H20N4O3S3/c1-29(15-17-7-3-2-4-8-17)35(31,32)19-13-11-18(12-14-19)23(30)28-25-27-21(16-33-25)24-26-20-9-5-6-10-22(20)34-24/h2-14,16H,15H2,1H3,(H,27,28,30). The van der Waals surface area contributed by atoms with Crippen LogP contribution in [0, 0.1) is 0 Å². The third-order valence-electron chi connectivity index (χ3n) is 5.31. The minimum Gasteiger partial charge on any atom is -0.298 e. The van der Waals surface area contributed by atoms with Crippen LogP contribution in [0.1, 0.15) is 15.9 Å². The molecule has 0 bridgehead atoms. The molecule has 35 heavy (non-hydrogen) atoms. The smallest absolute Gasteiger partial charge is 0.257 e. The SMILES string of the molecule is CN(Cc1ccccc1)S(=O)(=O)c1ccc(C(=O)Nc2nc(-c3nc4ccccc4s3)cs2)cc1. The molecule has 2 aromatic heterocycles.